The molecule has 0 aromatic rings. The van der Waals surface area contributed by atoms with E-state index in [-0.39, 0.29) is 0 Å². The van der Waals surface area contributed by atoms with E-state index in [1.54, 1.807) is 0 Å². The van der Waals surface area contributed by atoms with Crippen molar-refractivity contribution in [1.29, 1.82) is 0 Å². The van der Waals surface area contributed by atoms with Gasteiger partial charge in [-0.15, -0.1) is 0 Å². The number of nitrogens with one attached hydrogen (secondary N) is 1. The molecular weight excluding hydrogens is 204 g/mol. The van der Waals surface area contributed by atoms with Gasteiger partial charge >= 0.3 is 0 Å². The van der Waals surface area contributed by atoms with E-state index in [0.29, 0.717) is 0 Å². The second-order valence-electron chi connectivity index (χ2n) is 5.07. The zero-order valence-corrected chi connectivity index (χ0v) is 10.9. The summed E-state index contributed by atoms with van der Waals surface area (Å²) in [5.74, 6) is 2.30. The number of piperidine rings is 1. The van der Waals surface area contributed by atoms with E-state index < -0.39 is 0 Å². The molecule has 2 nitrogen and oxygen atoms in total. The number of rotatable bonds is 3. The summed E-state index contributed by atoms with van der Waals surface area (Å²) >= 11 is 2.16. The third kappa shape index (κ3) is 3.11. The molecule has 2 aliphatic rings. The van der Waals surface area contributed by atoms with Gasteiger partial charge in [0, 0.05) is 17.0 Å². The van der Waals surface area contributed by atoms with Crippen molar-refractivity contribution < 1.29 is 0 Å². The maximum absolute atomic E-state index is 3.31. The number of thioether (sulfide) groups is 1. The molecule has 2 atom stereocenters. The molecule has 0 spiro atoms. The summed E-state index contributed by atoms with van der Waals surface area (Å²) < 4.78 is 0. The van der Waals surface area contributed by atoms with Crippen molar-refractivity contribution in [3.8, 4) is 0 Å². The van der Waals surface area contributed by atoms with Crippen molar-refractivity contribution in [1.82, 2.24) is 10.2 Å². The molecule has 0 saturated carbocycles. The monoisotopic (exact) mass is 228 g/mol. The van der Waals surface area contributed by atoms with E-state index in [2.05, 4.69) is 35.9 Å². The molecule has 2 saturated heterocycles. The minimum absolute atomic E-state index is 0.889. The predicted octanol–water partition coefficient (Wildman–Crippen LogP) is 1.81. The van der Waals surface area contributed by atoms with E-state index >= 15 is 0 Å². The molecule has 88 valence electrons. The molecule has 0 aliphatic carbocycles. The fourth-order valence-electron chi connectivity index (χ4n) is 2.86. The minimum atomic E-state index is 0.889. The number of hydrogen-bond acceptors (Lipinski definition) is 3. The second kappa shape index (κ2) is 5.55. The van der Waals surface area contributed by atoms with Crippen LogP contribution in [0.2, 0.25) is 0 Å². The van der Waals surface area contributed by atoms with E-state index in [0.717, 1.165) is 17.2 Å². The zero-order chi connectivity index (χ0) is 10.7. The van der Waals surface area contributed by atoms with Crippen molar-refractivity contribution in [2.45, 2.75) is 37.5 Å². The van der Waals surface area contributed by atoms with Crippen LogP contribution < -0.4 is 5.32 Å². The van der Waals surface area contributed by atoms with Crippen molar-refractivity contribution >= 4 is 11.8 Å². The van der Waals surface area contributed by atoms with Crippen LogP contribution in [0.1, 0.15) is 26.2 Å². The third-order valence-corrected chi connectivity index (χ3v) is 5.17. The van der Waals surface area contributed by atoms with Crippen LogP contribution in [0.15, 0.2) is 0 Å². The lowest BCUT2D eigenvalue weighted by Crippen LogP contribution is -2.43. The van der Waals surface area contributed by atoms with E-state index in [9.17, 15) is 0 Å². The maximum Gasteiger partial charge on any atom is 0.0196 e. The smallest absolute Gasteiger partial charge is 0.0196 e. The lowest BCUT2D eigenvalue weighted by atomic mass is 9.95. The largest absolute Gasteiger partial charge is 0.319 e. The number of hydrogen-bond donors (Lipinski definition) is 1. The Hall–Kier alpha value is 0.270. The molecule has 0 bridgehead atoms. The van der Waals surface area contributed by atoms with Crippen LogP contribution in [-0.2, 0) is 0 Å². The number of likely N-dealkylation sites (tertiary alicyclic amines) is 1. The summed E-state index contributed by atoms with van der Waals surface area (Å²) in [4.78, 5) is 2.74. The highest BCUT2D eigenvalue weighted by atomic mass is 32.2. The van der Waals surface area contributed by atoms with E-state index in [4.69, 9.17) is 0 Å². The first-order valence-corrected chi connectivity index (χ1v) is 7.34. The van der Waals surface area contributed by atoms with Crippen molar-refractivity contribution in [2.75, 3.05) is 32.4 Å². The Morgan fingerprint density at radius 1 is 1.33 bits per heavy atom. The summed E-state index contributed by atoms with van der Waals surface area (Å²) in [6, 6.07) is 0.889. The van der Waals surface area contributed by atoms with E-state index in [1.807, 2.05) is 0 Å². The van der Waals surface area contributed by atoms with Crippen molar-refractivity contribution in [3.05, 3.63) is 0 Å². The highest BCUT2D eigenvalue weighted by molar-refractivity contribution is 8.00. The van der Waals surface area contributed by atoms with Crippen LogP contribution in [-0.4, -0.2) is 48.6 Å². The summed E-state index contributed by atoms with van der Waals surface area (Å²) in [5.41, 5.74) is 0. The molecule has 2 fully saturated rings. The van der Waals surface area contributed by atoms with E-state index in [1.165, 1.54) is 44.6 Å². The van der Waals surface area contributed by atoms with Crippen LogP contribution in [0.4, 0.5) is 0 Å². The van der Waals surface area contributed by atoms with Gasteiger partial charge in [0.1, 0.15) is 0 Å². The lowest BCUT2D eigenvalue weighted by Gasteiger charge is -2.35. The molecule has 3 heteroatoms. The van der Waals surface area contributed by atoms with Gasteiger partial charge in [-0.3, -0.25) is 4.90 Å². The molecule has 2 aliphatic heterocycles. The first-order chi connectivity index (χ1) is 7.29. The lowest BCUT2D eigenvalue weighted by molar-refractivity contribution is 0.141. The first-order valence-electron chi connectivity index (χ1n) is 6.30. The molecule has 2 heterocycles. The summed E-state index contributed by atoms with van der Waals surface area (Å²) in [6.07, 6.45) is 4.22. The van der Waals surface area contributed by atoms with Gasteiger partial charge in [-0.25, -0.2) is 0 Å². The van der Waals surface area contributed by atoms with Gasteiger partial charge < -0.3 is 5.32 Å². The topological polar surface area (TPSA) is 15.3 Å². The van der Waals surface area contributed by atoms with Crippen LogP contribution in [0.3, 0.4) is 0 Å². The molecule has 0 radical (unpaired) electrons. The van der Waals surface area contributed by atoms with Gasteiger partial charge in [0.15, 0.2) is 0 Å². The quantitative estimate of drug-likeness (QED) is 0.793. The second-order valence-corrected chi connectivity index (χ2v) is 6.54. The minimum Gasteiger partial charge on any atom is -0.319 e. The Kier molecular flexibility index (Phi) is 4.35. The Bertz CT molecular complexity index is 190. The van der Waals surface area contributed by atoms with Crippen LogP contribution in [0.25, 0.3) is 0 Å². The standard InChI is InChI=1S/C12H24N2S/c1-10-7-12(9-15-10)14-5-3-11(4-6-14)8-13-2/h10-13H,3-9H2,1-2H3. The average molecular weight is 228 g/mol. The summed E-state index contributed by atoms with van der Waals surface area (Å²) in [7, 11) is 2.07. The molecule has 0 aromatic carbocycles. The molecule has 2 rings (SSSR count). The fraction of sp³-hybridized carbons (Fsp3) is 1.00. The van der Waals surface area contributed by atoms with Crippen molar-refractivity contribution in [3.63, 3.8) is 0 Å². The normalized spacial score (nSPS) is 34.8. The van der Waals surface area contributed by atoms with Crippen LogP contribution >= 0.6 is 11.8 Å². The van der Waals surface area contributed by atoms with Gasteiger partial charge in [-0.1, -0.05) is 6.92 Å². The Labute approximate surface area is 98.2 Å². The van der Waals surface area contributed by atoms with Gasteiger partial charge in [-0.2, -0.15) is 11.8 Å². The fourth-order valence-corrected chi connectivity index (χ4v) is 4.12. The van der Waals surface area contributed by atoms with Gasteiger partial charge in [0.25, 0.3) is 0 Å². The SMILES string of the molecule is CNCC1CCN(C2CSC(C)C2)CC1. The van der Waals surface area contributed by atoms with Crippen molar-refractivity contribution in [2.24, 2.45) is 5.92 Å². The Morgan fingerprint density at radius 3 is 2.60 bits per heavy atom. The molecule has 1 N–H and O–H groups in total. The molecule has 2 unspecified atom stereocenters. The first kappa shape index (κ1) is 11.7. The van der Waals surface area contributed by atoms with Gasteiger partial charge in [-0.05, 0) is 51.9 Å². The summed E-state index contributed by atoms with van der Waals surface area (Å²) in [6.45, 7) is 6.26. The molecule has 15 heavy (non-hydrogen) atoms. The Morgan fingerprint density at radius 2 is 2.07 bits per heavy atom. The highest BCUT2D eigenvalue weighted by Crippen LogP contribution is 2.31. The molecule has 0 aromatic heterocycles. The zero-order valence-electron chi connectivity index (χ0n) is 10.0. The third-order valence-electron chi connectivity index (χ3n) is 3.84. The Balaban J connectivity index is 1.73. The molecular formula is C12H24N2S. The predicted molar refractivity (Wildman–Crippen MR) is 68.5 cm³/mol. The average Bonchev–Trinajstić information content (AvgIpc) is 2.67. The van der Waals surface area contributed by atoms with Crippen LogP contribution in [0.5, 0.6) is 0 Å². The van der Waals surface area contributed by atoms with Crippen LogP contribution in [0, 0.1) is 5.92 Å². The maximum atomic E-state index is 3.31. The molecule has 0 amide bonds. The summed E-state index contributed by atoms with van der Waals surface area (Å²) in [5, 5.41) is 4.20. The van der Waals surface area contributed by atoms with Gasteiger partial charge in [0.05, 0.1) is 0 Å². The highest BCUT2D eigenvalue weighted by Gasteiger charge is 2.29. The number of nitrogens with zero attached hydrogens (tertiary/aromatic N) is 1. The van der Waals surface area contributed by atoms with Gasteiger partial charge in [0.2, 0.25) is 0 Å².